The first kappa shape index (κ1) is 7.85. The third kappa shape index (κ3) is 1.69. The van der Waals surface area contributed by atoms with Gasteiger partial charge in [0.15, 0.2) is 0 Å². The molecule has 0 heteroatoms. The molecular weight excluding hydrogens is 144 g/mol. The van der Waals surface area contributed by atoms with Crippen molar-refractivity contribution in [3.63, 3.8) is 0 Å². The number of hydrogen-bond acceptors (Lipinski definition) is 0. The average molecular weight is 159 g/mol. The van der Waals surface area contributed by atoms with Gasteiger partial charge in [-0.2, -0.15) is 0 Å². The minimum absolute atomic E-state index is 0.778. The molecule has 0 amide bonds. The molecule has 0 bridgehead atoms. The van der Waals surface area contributed by atoms with Crippen molar-refractivity contribution in [3.05, 3.63) is 41.8 Å². The lowest BCUT2D eigenvalue weighted by atomic mass is 10.1. The van der Waals surface area contributed by atoms with Crippen LogP contribution >= 0.6 is 0 Å². The van der Waals surface area contributed by atoms with Gasteiger partial charge in [0, 0.05) is 0 Å². The van der Waals surface area contributed by atoms with Crippen LogP contribution in [0.2, 0.25) is 0 Å². The SMILES string of the molecule is CCCc1ccc(C2[CH]C2)cc1. The Morgan fingerprint density at radius 1 is 1.25 bits per heavy atom. The van der Waals surface area contributed by atoms with Gasteiger partial charge in [0.25, 0.3) is 0 Å². The number of benzene rings is 1. The Morgan fingerprint density at radius 2 is 1.92 bits per heavy atom. The summed E-state index contributed by atoms with van der Waals surface area (Å²) in [5.41, 5.74) is 2.97. The third-order valence-corrected chi connectivity index (χ3v) is 2.42. The van der Waals surface area contributed by atoms with Gasteiger partial charge in [-0.1, -0.05) is 37.6 Å². The van der Waals surface area contributed by atoms with Gasteiger partial charge in [0.1, 0.15) is 0 Å². The summed E-state index contributed by atoms with van der Waals surface area (Å²) in [4.78, 5) is 0. The Labute approximate surface area is 74.6 Å². The fourth-order valence-corrected chi connectivity index (χ4v) is 1.56. The highest BCUT2D eigenvalue weighted by Gasteiger charge is 2.23. The molecule has 0 aromatic heterocycles. The van der Waals surface area contributed by atoms with E-state index in [4.69, 9.17) is 0 Å². The van der Waals surface area contributed by atoms with E-state index >= 15 is 0 Å². The lowest BCUT2D eigenvalue weighted by Gasteiger charge is -2.00. The van der Waals surface area contributed by atoms with Crippen molar-refractivity contribution >= 4 is 0 Å². The highest BCUT2D eigenvalue weighted by Crippen LogP contribution is 2.38. The Bertz CT molecular complexity index is 241. The molecule has 1 fully saturated rings. The van der Waals surface area contributed by atoms with Gasteiger partial charge >= 0.3 is 0 Å². The predicted octanol–water partition coefficient (Wildman–Crippen LogP) is 3.33. The van der Waals surface area contributed by atoms with E-state index in [1.165, 1.54) is 30.4 Å². The van der Waals surface area contributed by atoms with Crippen molar-refractivity contribution in [1.82, 2.24) is 0 Å². The van der Waals surface area contributed by atoms with E-state index in [1.807, 2.05) is 0 Å². The van der Waals surface area contributed by atoms with Crippen molar-refractivity contribution in [2.24, 2.45) is 0 Å². The normalized spacial score (nSPS) is 16.4. The van der Waals surface area contributed by atoms with E-state index in [0.717, 1.165) is 5.92 Å². The molecule has 1 aliphatic carbocycles. The Balaban J connectivity index is 2.08. The van der Waals surface area contributed by atoms with Gasteiger partial charge in [0.2, 0.25) is 0 Å². The van der Waals surface area contributed by atoms with Gasteiger partial charge < -0.3 is 0 Å². The molecule has 1 unspecified atom stereocenters. The quantitative estimate of drug-likeness (QED) is 0.634. The van der Waals surface area contributed by atoms with Gasteiger partial charge in [0.05, 0.1) is 0 Å². The van der Waals surface area contributed by atoms with Crippen LogP contribution in [0, 0.1) is 6.42 Å². The number of rotatable bonds is 3. The molecule has 0 N–H and O–H groups in total. The van der Waals surface area contributed by atoms with Gasteiger partial charge in [-0.25, -0.2) is 0 Å². The molecule has 1 aromatic rings. The summed E-state index contributed by atoms with van der Waals surface area (Å²) >= 11 is 0. The summed E-state index contributed by atoms with van der Waals surface area (Å²) in [6.45, 7) is 2.22. The van der Waals surface area contributed by atoms with Crippen LogP contribution in [-0.2, 0) is 6.42 Å². The lowest BCUT2D eigenvalue weighted by molar-refractivity contribution is 0.920. The molecule has 0 aliphatic heterocycles. The maximum atomic E-state index is 2.36. The summed E-state index contributed by atoms with van der Waals surface area (Å²) in [5, 5.41) is 0. The molecule has 0 saturated heterocycles. The van der Waals surface area contributed by atoms with Crippen LogP contribution in [0.15, 0.2) is 24.3 Å². The predicted molar refractivity (Wildman–Crippen MR) is 52.1 cm³/mol. The minimum Gasteiger partial charge on any atom is -0.0651 e. The maximum absolute atomic E-state index is 2.36. The van der Waals surface area contributed by atoms with E-state index < -0.39 is 0 Å². The molecule has 1 radical (unpaired) electrons. The summed E-state index contributed by atoms with van der Waals surface area (Å²) in [7, 11) is 0. The maximum Gasteiger partial charge on any atom is -0.0128 e. The van der Waals surface area contributed by atoms with Crippen molar-refractivity contribution in [3.8, 4) is 0 Å². The Hall–Kier alpha value is -0.780. The minimum atomic E-state index is 0.778. The fraction of sp³-hybridized carbons (Fsp3) is 0.417. The van der Waals surface area contributed by atoms with Crippen molar-refractivity contribution in [1.29, 1.82) is 0 Å². The molecule has 12 heavy (non-hydrogen) atoms. The molecule has 63 valence electrons. The largest absolute Gasteiger partial charge is 0.0651 e. The third-order valence-electron chi connectivity index (χ3n) is 2.42. The summed E-state index contributed by atoms with van der Waals surface area (Å²) < 4.78 is 0. The second-order valence-electron chi connectivity index (χ2n) is 3.57. The molecule has 2 rings (SSSR count). The molecule has 0 heterocycles. The van der Waals surface area contributed by atoms with Crippen LogP contribution in [0.1, 0.15) is 36.8 Å². The van der Waals surface area contributed by atoms with E-state index in [2.05, 4.69) is 37.6 Å². The number of aryl methyl sites for hydroxylation is 1. The standard InChI is InChI=1S/C12H15/c1-2-3-10-4-6-11(7-5-10)12-8-9-12/h4-8,12H,2-3,9H2,1H3. The fourth-order valence-electron chi connectivity index (χ4n) is 1.56. The van der Waals surface area contributed by atoms with Crippen LogP contribution in [-0.4, -0.2) is 0 Å². The zero-order valence-corrected chi connectivity index (χ0v) is 7.59. The second kappa shape index (κ2) is 3.30. The van der Waals surface area contributed by atoms with E-state index in [0.29, 0.717) is 0 Å². The summed E-state index contributed by atoms with van der Waals surface area (Å²) in [6, 6.07) is 9.09. The monoisotopic (exact) mass is 159 g/mol. The van der Waals surface area contributed by atoms with Crippen LogP contribution in [0.25, 0.3) is 0 Å². The molecule has 1 saturated carbocycles. The smallest absolute Gasteiger partial charge is 0.0128 e. The molecule has 0 spiro atoms. The van der Waals surface area contributed by atoms with Gasteiger partial charge in [-0.3, -0.25) is 0 Å². The van der Waals surface area contributed by atoms with Crippen LogP contribution in [0.3, 0.4) is 0 Å². The lowest BCUT2D eigenvalue weighted by Crippen LogP contribution is -1.84. The van der Waals surface area contributed by atoms with Crippen molar-refractivity contribution < 1.29 is 0 Å². The first-order valence-electron chi connectivity index (χ1n) is 4.82. The van der Waals surface area contributed by atoms with Crippen molar-refractivity contribution in [2.45, 2.75) is 32.1 Å². The van der Waals surface area contributed by atoms with Crippen LogP contribution in [0.4, 0.5) is 0 Å². The van der Waals surface area contributed by atoms with Crippen molar-refractivity contribution in [2.75, 3.05) is 0 Å². The zero-order chi connectivity index (χ0) is 8.39. The molecule has 1 aliphatic rings. The number of hydrogen-bond donors (Lipinski definition) is 0. The molecule has 0 nitrogen and oxygen atoms in total. The Kier molecular flexibility index (Phi) is 2.16. The van der Waals surface area contributed by atoms with Crippen LogP contribution in [0.5, 0.6) is 0 Å². The summed E-state index contributed by atoms with van der Waals surface area (Å²) in [5.74, 6) is 0.778. The van der Waals surface area contributed by atoms with Crippen LogP contribution < -0.4 is 0 Å². The van der Waals surface area contributed by atoms with Gasteiger partial charge in [-0.05, 0) is 36.3 Å². The Morgan fingerprint density at radius 3 is 2.42 bits per heavy atom. The van der Waals surface area contributed by atoms with Gasteiger partial charge in [-0.15, -0.1) is 0 Å². The highest BCUT2D eigenvalue weighted by molar-refractivity contribution is 5.32. The average Bonchev–Trinajstić information content (AvgIpc) is 2.89. The second-order valence-corrected chi connectivity index (χ2v) is 3.57. The first-order chi connectivity index (χ1) is 5.90. The topological polar surface area (TPSA) is 0 Å². The highest BCUT2D eigenvalue weighted by atomic mass is 14.3. The zero-order valence-electron chi connectivity index (χ0n) is 7.59. The molecular formula is C12H15. The van der Waals surface area contributed by atoms with E-state index in [9.17, 15) is 0 Å². The molecule has 1 atom stereocenters. The van der Waals surface area contributed by atoms with E-state index in [1.54, 1.807) is 0 Å². The molecule has 1 aromatic carbocycles. The van der Waals surface area contributed by atoms with E-state index in [-0.39, 0.29) is 0 Å². The first-order valence-corrected chi connectivity index (χ1v) is 4.82. The summed E-state index contributed by atoms with van der Waals surface area (Å²) in [6.07, 6.45) is 6.10.